The predicted molar refractivity (Wildman–Crippen MR) is 74.8 cm³/mol. The molecule has 1 aliphatic rings. The van der Waals surface area contributed by atoms with Crippen LogP contribution in [0.25, 0.3) is 0 Å². The van der Waals surface area contributed by atoms with E-state index >= 15 is 0 Å². The Morgan fingerprint density at radius 1 is 1.44 bits per heavy atom. The third-order valence-electron chi connectivity index (χ3n) is 3.56. The Morgan fingerprint density at radius 2 is 2.33 bits per heavy atom. The summed E-state index contributed by atoms with van der Waals surface area (Å²) >= 11 is 1.90. The van der Waals surface area contributed by atoms with Gasteiger partial charge in [0, 0.05) is 28.2 Å². The van der Waals surface area contributed by atoms with Gasteiger partial charge in [0.1, 0.15) is 5.82 Å². The van der Waals surface area contributed by atoms with Crippen LogP contribution in [0.3, 0.4) is 0 Å². The lowest BCUT2D eigenvalue weighted by Crippen LogP contribution is -2.23. The molecule has 1 N–H and O–H groups in total. The van der Waals surface area contributed by atoms with Crippen LogP contribution in [-0.2, 0) is 6.54 Å². The van der Waals surface area contributed by atoms with Gasteiger partial charge in [0.25, 0.3) is 0 Å². The van der Waals surface area contributed by atoms with Crippen molar-refractivity contribution in [2.45, 2.75) is 39.3 Å². The highest BCUT2D eigenvalue weighted by molar-refractivity contribution is 7.11. The number of nitrogens with zero attached hydrogens (tertiary/aromatic N) is 2. The quantitative estimate of drug-likeness (QED) is 0.918. The number of likely N-dealkylation sites (tertiary alicyclic amines) is 1. The molecule has 2 aromatic rings. The van der Waals surface area contributed by atoms with Gasteiger partial charge in [0.15, 0.2) is 0 Å². The third kappa shape index (κ3) is 2.35. The van der Waals surface area contributed by atoms with Gasteiger partial charge in [-0.25, -0.2) is 4.98 Å². The SMILES string of the molecule is Cc1cnc(C2CCCN2Cc2ccc(C)s2)[nH]1. The van der Waals surface area contributed by atoms with Gasteiger partial charge in [0.05, 0.1) is 6.04 Å². The largest absolute Gasteiger partial charge is 0.345 e. The second kappa shape index (κ2) is 4.86. The third-order valence-corrected chi connectivity index (χ3v) is 4.54. The maximum Gasteiger partial charge on any atom is 0.123 e. The second-order valence-electron chi connectivity index (χ2n) is 5.09. The number of hydrogen-bond acceptors (Lipinski definition) is 3. The molecule has 1 unspecified atom stereocenters. The molecule has 4 heteroatoms. The molecule has 1 saturated heterocycles. The predicted octanol–water partition coefficient (Wildman–Crippen LogP) is 3.43. The molecule has 0 spiro atoms. The van der Waals surface area contributed by atoms with Gasteiger partial charge in [0.2, 0.25) is 0 Å². The summed E-state index contributed by atoms with van der Waals surface area (Å²) in [7, 11) is 0. The molecule has 3 nitrogen and oxygen atoms in total. The maximum atomic E-state index is 4.50. The summed E-state index contributed by atoms with van der Waals surface area (Å²) in [6, 6.07) is 4.94. The van der Waals surface area contributed by atoms with Crippen molar-refractivity contribution >= 4 is 11.3 Å². The minimum atomic E-state index is 0.473. The fourth-order valence-electron chi connectivity index (χ4n) is 2.70. The van der Waals surface area contributed by atoms with Crippen molar-refractivity contribution in [3.8, 4) is 0 Å². The summed E-state index contributed by atoms with van der Waals surface area (Å²) in [5.74, 6) is 1.14. The van der Waals surface area contributed by atoms with E-state index in [1.165, 1.54) is 29.1 Å². The number of rotatable bonds is 3. The van der Waals surface area contributed by atoms with E-state index in [4.69, 9.17) is 0 Å². The standard InChI is InChI=1S/C14H19N3S/c1-10-8-15-14(16-10)13-4-3-7-17(13)9-12-6-5-11(2)18-12/h5-6,8,13H,3-4,7,9H2,1-2H3,(H,15,16). The average molecular weight is 261 g/mol. The molecule has 2 aromatic heterocycles. The summed E-state index contributed by atoms with van der Waals surface area (Å²) in [4.78, 5) is 13.3. The zero-order valence-corrected chi connectivity index (χ0v) is 11.8. The van der Waals surface area contributed by atoms with E-state index in [-0.39, 0.29) is 0 Å². The summed E-state index contributed by atoms with van der Waals surface area (Å²) < 4.78 is 0. The van der Waals surface area contributed by atoms with Crippen LogP contribution in [0.1, 0.15) is 40.2 Å². The van der Waals surface area contributed by atoms with Crippen LogP contribution in [-0.4, -0.2) is 21.4 Å². The first-order chi connectivity index (χ1) is 8.72. The first-order valence-corrected chi connectivity index (χ1v) is 7.35. The number of aromatic amines is 1. The first kappa shape index (κ1) is 11.9. The highest BCUT2D eigenvalue weighted by Gasteiger charge is 2.28. The van der Waals surface area contributed by atoms with Crippen molar-refractivity contribution in [2.75, 3.05) is 6.54 Å². The molecule has 0 aromatic carbocycles. The fourth-order valence-corrected chi connectivity index (χ4v) is 3.61. The van der Waals surface area contributed by atoms with Gasteiger partial charge in [-0.1, -0.05) is 0 Å². The van der Waals surface area contributed by atoms with E-state index in [0.717, 1.165) is 18.1 Å². The number of imidazole rings is 1. The van der Waals surface area contributed by atoms with Gasteiger partial charge in [-0.15, -0.1) is 11.3 Å². The van der Waals surface area contributed by atoms with Gasteiger partial charge in [-0.3, -0.25) is 4.90 Å². The molecule has 1 aliphatic heterocycles. The molecule has 0 saturated carbocycles. The number of hydrogen-bond donors (Lipinski definition) is 1. The highest BCUT2D eigenvalue weighted by atomic mass is 32.1. The summed E-state index contributed by atoms with van der Waals surface area (Å²) in [5, 5.41) is 0. The number of nitrogens with one attached hydrogen (secondary N) is 1. The zero-order valence-electron chi connectivity index (χ0n) is 10.9. The minimum Gasteiger partial charge on any atom is -0.345 e. The number of aromatic nitrogens is 2. The van der Waals surface area contributed by atoms with Crippen LogP contribution in [0.2, 0.25) is 0 Å². The van der Waals surface area contributed by atoms with Gasteiger partial charge in [-0.2, -0.15) is 0 Å². The summed E-state index contributed by atoms with van der Waals surface area (Å²) in [6.07, 6.45) is 4.42. The van der Waals surface area contributed by atoms with Crippen molar-refractivity contribution in [3.63, 3.8) is 0 Å². The van der Waals surface area contributed by atoms with E-state index in [0.29, 0.717) is 6.04 Å². The molecule has 3 heterocycles. The van der Waals surface area contributed by atoms with Crippen LogP contribution in [0, 0.1) is 13.8 Å². The minimum absolute atomic E-state index is 0.473. The van der Waals surface area contributed by atoms with Crippen molar-refractivity contribution < 1.29 is 0 Å². The van der Waals surface area contributed by atoms with Crippen LogP contribution in [0.4, 0.5) is 0 Å². The molecular formula is C14H19N3S. The van der Waals surface area contributed by atoms with Gasteiger partial charge >= 0.3 is 0 Å². The lowest BCUT2D eigenvalue weighted by molar-refractivity contribution is 0.243. The monoisotopic (exact) mass is 261 g/mol. The van der Waals surface area contributed by atoms with E-state index < -0.39 is 0 Å². The Balaban J connectivity index is 1.75. The normalized spacial score (nSPS) is 20.7. The maximum absolute atomic E-state index is 4.50. The molecular weight excluding hydrogens is 242 g/mol. The summed E-state index contributed by atoms with van der Waals surface area (Å²) in [5.41, 5.74) is 1.16. The van der Waals surface area contributed by atoms with Crippen LogP contribution >= 0.6 is 11.3 Å². The molecule has 0 amide bonds. The van der Waals surface area contributed by atoms with Crippen molar-refractivity contribution in [1.29, 1.82) is 0 Å². The molecule has 96 valence electrons. The number of aryl methyl sites for hydroxylation is 2. The van der Waals surface area contributed by atoms with Crippen LogP contribution in [0.5, 0.6) is 0 Å². The van der Waals surface area contributed by atoms with E-state index in [9.17, 15) is 0 Å². The summed E-state index contributed by atoms with van der Waals surface area (Å²) in [6.45, 7) is 6.48. The van der Waals surface area contributed by atoms with Crippen LogP contribution < -0.4 is 0 Å². The molecule has 1 fully saturated rings. The zero-order chi connectivity index (χ0) is 12.5. The smallest absolute Gasteiger partial charge is 0.123 e. The average Bonchev–Trinajstić information content (AvgIpc) is 3.01. The lowest BCUT2D eigenvalue weighted by Gasteiger charge is -2.22. The Labute approximate surface area is 112 Å². The van der Waals surface area contributed by atoms with Crippen molar-refractivity contribution in [3.05, 3.63) is 39.6 Å². The Kier molecular flexibility index (Phi) is 3.22. The van der Waals surface area contributed by atoms with Crippen molar-refractivity contribution in [1.82, 2.24) is 14.9 Å². The number of thiophene rings is 1. The molecule has 0 aliphatic carbocycles. The van der Waals surface area contributed by atoms with E-state index in [1.807, 2.05) is 17.5 Å². The molecule has 0 bridgehead atoms. The molecule has 3 rings (SSSR count). The molecule has 0 radical (unpaired) electrons. The molecule has 18 heavy (non-hydrogen) atoms. The van der Waals surface area contributed by atoms with Crippen molar-refractivity contribution in [2.24, 2.45) is 0 Å². The van der Waals surface area contributed by atoms with E-state index in [1.54, 1.807) is 0 Å². The fraction of sp³-hybridized carbons (Fsp3) is 0.500. The van der Waals surface area contributed by atoms with Gasteiger partial charge < -0.3 is 4.98 Å². The second-order valence-corrected chi connectivity index (χ2v) is 6.46. The Morgan fingerprint density at radius 3 is 3.00 bits per heavy atom. The molecule has 1 atom stereocenters. The first-order valence-electron chi connectivity index (χ1n) is 6.53. The van der Waals surface area contributed by atoms with Crippen LogP contribution in [0.15, 0.2) is 18.3 Å². The highest BCUT2D eigenvalue weighted by Crippen LogP contribution is 2.32. The topological polar surface area (TPSA) is 31.9 Å². The lowest BCUT2D eigenvalue weighted by atomic mass is 10.2. The number of H-pyrrole nitrogens is 1. The van der Waals surface area contributed by atoms with E-state index in [2.05, 4.69) is 40.8 Å². The van der Waals surface area contributed by atoms with Gasteiger partial charge in [-0.05, 0) is 45.4 Å². The Bertz CT molecular complexity index is 529. The Hall–Kier alpha value is -1.13.